The second-order valence-corrected chi connectivity index (χ2v) is 21.2. The fraction of sp³-hybridized carbons (Fsp3) is 0.130. The molecule has 0 unspecified atom stereocenters. The van der Waals surface area contributed by atoms with Crippen molar-refractivity contribution < 1.29 is 29.9 Å². The van der Waals surface area contributed by atoms with Crippen LogP contribution in [-0.4, -0.2) is 9.55 Å². The van der Waals surface area contributed by atoms with E-state index in [0.29, 0.717) is 28.4 Å². The molecule has 0 bridgehead atoms. The van der Waals surface area contributed by atoms with Gasteiger partial charge in [-0.05, 0) is 91.8 Å². The van der Waals surface area contributed by atoms with Crippen molar-refractivity contribution in [2.24, 2.45) is 0 Å². The number of hydrogen-bond acceptors (Lipinski definition) is 4. The summed E-state index contributed by atoms with van der Waals surface area (Å²) in [7, 11) is 0. The first-order chi connectivity index (χ1) is 37.1. The minimum atomic E-state index is -2.41. The normalized spacial score (nSPS) is 13.3. The minimum absolute atomic E-state index is 0. The van der Waals surface area contributed by atoms with Gasteiger partial charge in [0.1, 0.15) is 5.82 Å². The molecule has 9 aromatic carbocycles. The van der Waals surface area contributed by atoms with Gasteiger partial charge in [0.2, 0.25) is 0 Å². The molecule has 0 saturated carbocycles. The Hall–Kier alpha value is -7.98. The third-order valence-corrected chi connectivity index (χ3v) is 14.2. The third-order valence-electron chi connectivity index (χ3n) is 14.2. The van der Waals surface area contributed by atoms with Crippen LogP contribution in [0.25, 0.3) is 72.1 Å². The van der Waals surface area contributed by atoms with Crippen molar-refractivity contribution in [1.29, 1.82) is 0 Å². The number of pyridine rings is 1. The Balaban J connectivity index is 0.00000645. The molecular weight excluding hydrogens is 1100 g/mol. The SMILES string of the molecule is [2H]C([2H])([2H])c1cc(-n2c3[c-]c(Oc4[c-]c(N5[CH-]N(c6c(-c7ccccc7)cccc6-c6ccc(C(C)(C)C)cc6)c6ccccc65)ccc4)ccc3c3cc(-c4ccc(C(C)(C)C)cc4)ccc32)ncc1-c1ccccc1.[Pt]. The Morgan fingerprint density at radius 2 is 1.05 bits per heavy atom. The van der Waals surface area contributed by atoms with Crippen LogP contribution in [0.4, 0.5) is 22.7 Å². The van der Waals surface area contributed by atoms with E-state index < -0.39 is 6.85 Å². The van der Waals surface area contributed by atoms with Crippen molar-refractivity contribution >= 4 is 44.6 Å². The van der Waals surface area contributed by atoms with Gasteiger partial charge in [-0.25, -0.2) is 4.98 Å². The number of nitrogens with zero attached hydrogens (tertiary/aromatic N) is 4. The second kappa shape index (κ2) is 19.7. The van der Waals surface area contributed by atoms with E-state index in [-0.39, 0.29) is 37.5 Å². The molecule has 0 saturated heterocycles. The Morgan fingerprint density at radius 1 is 0.493 bits per heavy atom. The van der Waals surface area contributed by atoms with Gasteiger partial charge in [0.25, 0.3) is 0 Å². The van der Waals surface area contributed by atoms with Crippen LogP contribution in [0.15, 0.2) is 212 Å². The van der Waals surface area contributed by atoms with E-state index in [1.54, 1.807) is 12.3 Å². The summed E-state index contributed by atoms with van der Waals surface area (Å²) >= 11 is 0. The molecule has 372 valence electrons. The van der Waals surface area contributed by atoms with Crippen molar-refractivity contribution in [3.8, 4) is 61.8 Å². The van der Waals surface area contributed by atoms with Gasteiger partial charge in [-0.15, -0.1) is 48.1 Å². The van der Waals surface area contributed by atoms with Gasteiger partial charge in [0.05, 0.1) is 0 Å². The number of benzene rings is 9. The number of ether oxygens (including phenoxy) is 1. The zero-order valence-electron chi connectivity index (χ0n) is 45.8. The molecule has 0 aliphatic carbocycles. The Morgan fingerprint density at radius 3 is 1.69 bits per heavy atom. The summed E-state index contributed by atoms with van der Waals surface area (Å²) in [6, 6.07) is 78.2. The summed E-state index contributed by atoms with van der Waals surface area (Å²) in [6.45, 7) is 13.1. The molecule has 2 aromatic heterocycles. The number of anilines is 4. The van der Waals surface area contributed by atoms with Crippen LogP contribution in [0.2, 0.25) is 0 Å². The van der Waals surface area contributed by atoms with Crippen molar-refractivity contribution in [3.05, 3.63) is 248 Å². The first kappa shape index (κ1) is 45.6. The minimum Gasteiger partial charge on any atom is -0.509 e. The maximum absolute atomic E-state index is 8.69. The fourth-order valence-corrected chi connectivity index (χ4v) is 10.3. The molecule has 12 rings (SSSR count). The Kier molecular flexibility index (Phi) is 12.0. The standard InChI is InChI=1S/C69H57N4O.Pt/c1-46-40-66(70-44-61(46)49-20-12-9-13-21-49)73-62-39-32-51(47-28-33-52(34-29-47)68(2,3)4)41-60(62)59-38-37-56(43-65(59)73)74-55-23-16-22-54(42-55)71-45-72(64-27-15-14-26-63(64)71)67-57(48-18-10-8-11-19-48)24-17-25-58(67)50-30-35-53(36-31-50)69(5,6)7;/h8-41,44-45H,1-7H3;/q-3;/i1D3;. The first-order valence-corrected chi connectivity index (χ1v) is 25.3. The maximum atomic E-state index is 8.69. The number of fused-ring (bicyclic) bond motifs is 4. The van der Waals surface area contributed by atoms with Gasteiger partial charge >= 0.3 is 0 Å². The molecule has 5 nitrogen and oxygen atoms in total. The summed E-state index contributed by atoms with van der Waals surface area (Å²) in [5.41, 5.74) is 16.3. The zero-order chi connectivity index (χ0) is 53.2. The van der Waals surface area contributed by atoms with Crippen LogP contribution < -0.4 is 14.5 Å². The van der Waals surface area contributed by atoms with Crippen LogP contribution in [0.1, 0.15) is 62.3 Å². The quantitative estimate of drug-likeness (QED) is 0.135. The van der Waals surface area contributed by atoms with Crippen molar-refractivity contribution in [1.82, 2.24) is 9.55 Å². The van der Waals surface area contributed by atoms with Crippen molar-refractivity contribution in [2.45, 2.75) is 59.2 Å². The monoisotopic (exact) mass is 1160 g/mol. The van der Waals surface area contributed by atoms with E-state index in [1.165, 1.54) is 11.1 Å². The predicted octanol–water partition coefficient (Wildman–Crippen LogP) is 18.5. The van der Waals surface area contributed by atoms with Gasteiger partial charge in [-0.3, -0.25) is 0 Å². The van der Waals surface area contributed by atoms with E-state index in [4.69, 9.17) is 13.8 Å². The average molecular weight is 1160 g/mol. The molecule has 0 spiro atoms. The van der Waals surface area contributed by atoms with Crippen LogP contribution >= 0.6 is 0 Å². The van der Waals surface area contributed by atoms with Crippen LogP contribution in [-0.2, 0) is 31.9 Å². The van der Waals surface area contributed by atoms with Gasteiger partial charge in [0.15, 0.2) is 0 Å². The molecule has 0 N–H and O–H groups in total. The van der Waals surface area contributed by atoms with Gasteiger partial charge in [-0.1, -0.05) is 199 Å². The maximum Gasteiger partial charge on any atom is 0.135 e. The molecule has 0 radical (unpaired) electrons. The topological polar surface area (TPSA) is 33.5 Å². The Labute approximate surface area is 460 Å². The van der Waals surface area contributed by atoms with Crippen LogP contribution in [0.3, 0.4) is 0 Å². The fourth-order valence-electron chi connectivity index (χ4n) is 10.3. The van der Waals surface area contributed by atoms with Gasteiger partial charge in [-0.2, -0.15) is 12.1 Å². The second-order valence-electron chi connectivity index (χ2n) is 21.2. The van der Waals surface area contributed by atoms with Crippen molar-refractivity contribution in [3.63, 3.8) is 0 Å². The molecular formula is C69H57N4OPt-3. The molecule has 0 amide bonds. The van der Waals surface area contributed by atoms with Crippen LogP contribution in [0.5, 0.6) is 11.5 Å². The zero-order valence-corrected chi connectivity index (χ0v) is 45.1. The summed E-state index contributed by atoms with van der Waals surface area (Å²) in [5.74, 6) is 1.44. The summed E-state index contributed by atoms with van der Waals surface area (Å²) in [4.78, 5) is 9.46. The predicted molar refractivity (Wildman–Crippen MR) is 308 cm³/mol. The number of aromatic nitrogens is 2. The van der Waals surface area contributed by atoms with Gasteiger partial charge < -0.3 is 19.1 Å². The number of hydrogen-bond donors (Lipinski definition) is 0. The average Bonchev–Trinajstić information content (AvgIpc) is 4.08. The first-order valence-electron chi connectivity index (χ1n) is 26.8. The van der Waals surface area contributed by atoms with E-state index >= 15 is 0 Å². The van der Waals surface area contributed by atoms with E-state index in [0.717, 1.165) is 78.0 Å². The van der Waals surface area contributed by atoms with E-state index in [1.807, 2.05) is 59.2 Å². The molecule has 6 heteroatoms. The molecule has 75 heavy (non-hydrogen) atoms. The summed E-state index contributed by atoms with van der Waals surface area (Å²) < 4.78 is 34.8. The molecule has 1 aliphatic heterocycles. The van der Waals surface area contributed by atoms with E-state index in [9.17, 15) is 0 Å². The molecule has 0 fully saturated rings. The summed E-state index contributed by atoms with van der Waals surface area (Å²) in [6.07, 6.45) is 1.68. The molecule has 3 heterocycles. The number of aryl methyl sites for hydroxylation is 1. The van der Waals surface area contributed by atoms with E-state index in [2.05, 4.69) is 216 Å². The van der Waals surface area contributed by atoms with Crippen LogP contribution in [0, 0.1) is 25.7 Å². The molecule has 11 aromatic rings. The largest absolute Gasteiger partial charge is 0.509 e. The molecule has 1 aliphatic rings. The number of para-hydroxylation sites is 3. The third kappa shape index (κ3) is 9.36. The van der Waals surface area contributed by atoms with Gasteiger partial charge in [0, 0.05) is 82.1 Å². The van der Waals surface area contributed by atoms with Crippen molar-refractivity contribution in [2.75, 3.05) is 9.80 Å². The smallest absolute Gasteiger partial charge is 0.135 e. The Bertz CT molecular complexity index is 3990. The molecule has 0 atom stereocenters. The summed E-state index contributed by atoms with van der Waals surface area (Å²) in [5, 5.41) is 1.90. The number of rotatable bonds is 9.